The third kappa shape index (κ3) is 5.03. The molecule has 2 rings (SSSR count). The van der Waals surface area contributed by atoms with Gasteiger partial charge in [0.15, 0.2) is 0 Å². The highest BCUT2D eigenvalue weighted by Gasteiger charge is 2.04. The number of benzene rings is 1. The van der Waals surface area contributed by atoms with Crippen LogP contribution in [0, 0.1) is 0 Å². The van der Waals surface area contributed by atoms with Gasteiger partial charge in [-0.3, -0.25) is 9.78 Å². The van der Waals surface area contributed by atoms with Gasteiger partial charge < -0.3 is 5.32 Å². The van der Waals surface area contributed by atoms with E-state index >= 15 is 0 Å². The monoisotopic (exact) mass is 282 g/mol. The number of rotatable bonds is 6. The number of aromatic nitrogens is 1. The fraction of sp³-hybridized carbons (Fsp3) is 0.333. The van der Waals surface area contributed by atoms with Crippen LogP contribution < -0.4 is 5.32 Å². The quantitative estimate of drug-likeness (QED) is 0.881. The summed E-state index contributed by atoms with van der Waals surface area (Å²) in [6.45, 7) is 4.82. The van der Waals surface area contributed by atoms with Crippen LogP contribution in [0.2, 0.25) is 0 Å². The van der Waals surface area contributed by atoms with Crippen molar-refractivity contribution in [2.24, 2.45) is 0 Å². The molecule has 1 aromatic heterocycles. The molecule has 3 heteroatoms. The van der Waals surface area contributed by atoms with Crippen molar-refractivity contribution < 1.29 is 4.79 Å². The molecule has 0 bridgehead atoms. The highest BCUT2D eigenvalue weighted by atomic mass is 16.1. The highest BCUT2D eigenvalue weighted by molar-refractivity contribution is 5.76. The van der Waals surface area contributed by atoms with E-state index in [4.69, 9.17) is 0 Å². The van der Waals surface area contributed by atoms with E-state index in [1.165, 1.54) is 11.1 Å². The Bertz CT molecular complexity index is 579. The van der Waals surface area contributed by atoms with Gasteiger partial charge in [-0.2, -0.15) is 0 Å². The Kier molecular flexibility index (Phi) is 5.50. The lowest BCUT2D eigenvalue weighted by molar-refractivity contribution is -0.121. The first kappa shape index (κ1) is 15.2. The van der Waals surface area contributed by atoms with E-state index in [0.717, 1.165) is 12.0 Å². The zero-order valence-electron chi connectivity index (χ0n) is 12.7. The zero-order chi connectivity index (χ0) is 15.1. The molecule has 21 heavy (non-hydrogen) atoms. The van der Waals surface area contributed by atoms with Gasteiger partial charge >= 0.3 is 0 Å². The van der Waals surface area contributed by atoms with Gasteiger partial charge in [0.25, 0.3) is 0 Å². The van der Waals surface area contributed by atoms with Crippen LogP contribution in [-0.4, -0.2) is 10.9 Å². The summed E-state index contributed by atoms with van der Waals surface area (Å²) >= 11 is 0. The van der Waals surface area contributed by atoms with Crippen LogP contribution in [0.1, 0.15) is 42.9 Å². The van der Waals surface area contributed by atoms with Crippen LogP contribution in [0.3, 0.4) is 0 Å². The second-order valence-corrected chi connectivity index (χ2v) is 5.54. The number of nitrogens with zero attached hydrogens (tertiary/aromatic N) is 1. The predicted molar refractivity (Wildman–Crippen MR) is 84.9 cm³/mol. The first-order valence-corrected chi connectivity index (χ1v) is 7.39. The normalized spacial score (nSPS) is 10.6. The summed E-state index contributed by atoms with van der Waals surface area (Å²) in [6.07, 6.45) is 4.98. The average Bonchev–Trinajstić information content (AvgIpc) is 2.52. The van der Waals surface area contributed by atoms with Gasteiger partial charge in [-0.25, -0.2) is 0 Å². The van der Waals surface area contributed by atoms with E-state index in [1.54, 1.807) is 0 Å². The minimum atomic E-state index is 0.0776. The minimum Gasteiger partial charge on any atom is -0.352 e. The largest absolute Gasteiger partial charge is 0.352 e. The van der Waals surface area contributed by atoms with Gasteiger partial charge in [0, 0.05) is 25.4 Å². The third-order valence-electron chi connectivity index (χ3n) is 3.46. The third-order valence-corrected chi connectivity index (χ3v) is 3.46. The topological polar surface area (TPSA) is 42.0 Å². The van der Waals surface area contributed by atoms with Gasteiger partial charge in [-0.05, 0) is 29.0 Å². The van der Waals surface area contributed by atoms with Crippen molar-refractivity contribution in [1.82, 2.24) is 10.3 Å². The molecular formula is C18H22N2O. The van der Waals surface area contributed by atoms with Gasteiger partial charge in [0.05, 0.1) is 0 Å². The number of carbonyl (C=O) groups is 1. The molecule has 0 saturated heterocycles. The minimum absolute atomic E-state index is 0.0776. The van der Waals surface area contributed by atoms with Crippen LogP contribution in [0.4, 0.5) is 0 Å². The maximum atomic E-state index is 11.9. The molecule has 0 aliphatic rings. The lowest BCUT2D eigenvalue weighted by atomic mass is 10.0. The summed E-state index contributed by atoms with van der Waals surface area (Å²) in [6, 6.07) is 12.2. The molecular weight excluding hydrogens is 260 g/mol. The molecule has 0 aliphatic heterocycles. The van der Waals surface area contributed by atoms with Gasteiger partial charge in [0.1, 0.15) is 0 Å². The maximum absolute atomic E-state index is 11.9. The van der Waals surface area contributed by atoms with E-state index in [0.29, 0.717) is 18.9 Å². The Morgan fingerprint density at radius 1 is 1.14 bits per heavy atom. The molecule has 0 aliphatic carbocycles. The van der Waals surface area contributed by atoms with E-state index in [9.17, 15) is 4.79 Å². The van der Waals surface area contributed by atoms with Gasteiger partial charge in [0.2, 0.25) is 5.91 Å². The lowest BCUT2D eigenvalue weighted by Crippen LogP contribution is -2.23. The highest BCUT2D eigenvalue weighted by Crippen LogP contribution is 2.13. The molecule has 2 aromatic rings. The molecule has 1 amide bonds. The molecule has 0 radical (unpaired) electrons. The summed E-state index contributed by atoms with van der Waals surface area (Å²) < 4.78 is 0. The number of pyridine rings is 1. The molecule has 1 heterocycles. The molecule has 1 aromatic carbocycles. The Morgan fingerprint density at radius 3 is 2.62 bits per heavy atom. The SMILES string of the molecule is CC(C)c1cncc(CNC(=O)CCc2ccccc2)c1. The van der Waals surface area contributed by atoms with E-state index < -0.39 is 0 Å². The second-order valence-electron chi connectivity index (χ2n) is 5.54. The molecule has 3 nitrogen and oxygen atoms in total. The van der Waals surface area contributed by atoms with Crippen molar-refractivity contribution in [3.63, 3.8) is 0 Å². The summed E-state index contributed by atoms with van der Waals surface area (Å²) in [7, 11) is 0. The first-order valence-electron chi connectivity index (χ1n) is 7.39. The van der Waals surface area contributed by atoms with Crippen molar-refractivity contribution in [3.05, 3.63) is 65.5 Å². The number of carbonyl (C=O) groups excluding carboxylic acids is 1. The Hall–Kier alpha value is -2.16. The molecule has 110 valence electrons. The second kappa shape index (κ2) is 7.58. The smallest absolute Gasteiger partial charge is 0.220 e. The zero-order valence-corrected chi connectivity index (χ0v) is 12.7. The van der Waals surface area contributed by atoms with Crippen molar-refractivity contribution in [1.29, 1.82) is 0 Å². The van der Waals surface area contributed by atoms with E-state index in [1.807, 2.05) is 42.7 Å². The summed E-state index contributed by atoms with van der Waals surface area (Å²) in [5, 5.41) is 2.96. The summed E-state index contributed by atoms with van der Waals surface area (Å²) in [4.78, 5) is 16.1. The molecule has 0 atom stereocenters. The van der Waals surface area contributed by atoms with Crippen LogP contribution >= 0.6 is 0 Å². The first-order chi connectivity index (χ1) is 10.1. The number of aryl methyl sites for hydroxylation is 1. The number of amides is 1. The fourth-order valence-corrected chi connectivity index (χ4v) is 2.11. The van der Waals surface area contributed by atoms with Crippen LogP contribution in [0.5, 0.6) is 0 Å². The molecule has 1 N–H and O–H groups in total. The summed E-state index contributed by atoms with van der Waals surface area (Å²) in [5.41, 5.74) is 3.44. The van der Waals surface area contributed by atoms with Crippen molar-refractivity contribution in [3.8, 4) is 0 Å². The van der Waals surface area contributed by atoms with Crippen molar-refractivity contribution >= 4 is 5.91 Å². The summed E-state index contributed by atoms with van der Waals surface area (Å²) in [5.74, 6) is 0.528. The van der Waals surface area contributed by atoms with Crippen molar-refractivity contribution in [2.45, 2.75) is 39.2 Å². The molecule has 0 unspecified atom stereocenters. The number of hydrogen-bond acceptors (Lipinski definition) is 2. The van der Waals surface area contributed by atoms with Crippen molar-refractivity contribution in [2.75, 3.05) is 0 Å². The van der Waals surface area contributed by atoms with E-state index in [-0.39, 0.29) is 5.91 Å². The molecule has 0 saturated carbocycles. The van der Waals surface area contributed by atoms with Gasteiger partial charge in [-0.15, -0.1) is 0 Å². The molecule has 0 spiro atoms. The number of nitrogens with one attached hydrogen (secondary N) is 1. The maximum Gasteiger partial charge on any atom is 0.220 e. The Balaban J connectivity index is 1.80. The molecule has 0 fully saturated rings. The lowest BCUT2D eigenvalue weighted by Gasteiger charge is -2.09. The average molecular weight is 282 g/mol. The predicted octanol–water partition coefficient (Wildman–Crippen LogP) is 3.45. The van der Waals surface area contributed by atoms with E-state index in [2.05, 4.69) is 30.2 Å². The van der Waals surface area contributed by atoms with Crippen LogP contribution in [0.25, 0.3) is 0 Å². The Morgan fingerprint density at radius 2 is 1.90 bits per heavy atom. The standard InChI is InChI=1S/C18H22N2O/c1-14(2)17-10-16(11-19-13-17)12-20-18(21)9-8-15-6-4-3-5-7-15/h3-7,10-11,13-14H,8-9,12H2,1-2H3,(H,20,21). The fourth-order valence-electron chi connectivity index (χ4n) is 2.11. The van der Waals surface area contributed by atoms with Crippen LogP contribution in [0.15, 0.2) is 48.8 Å². The Labute approximate surface area is 126 Å². The van der Waals surface area contributed by atoms with Gasteiger partial charge in [-0.1, -0.05) is 50.2 Å². The van der Waals surface area contributed by atoms with Crippen LogP contribution in [-0.2, 0) is 17.8 Å². The number of hydrogen-bond donors (Lipinski definition) is 1.